The molecule has 0 bridgehead atoms. The summed E-state index contributed by atoms with van der Waals surface area (Å²) in [5, 5.41) is 7.89. The Bertz CT molecular complexity index is 818. The minimum absolute atomic E-state index is 0.00963. The number of hydrogen-bond acceptors (Lipinski definition) is 5. The number of nitrogens with one attached hydrogen (secondary N) is 2. The summed E-state index contributed by atoms with van der Waals surface area (Å²) in [4.78, 5) is 42.6. The topological polar surface area (TPSA) is 91.4 Å². The molecule has 0 spiro atoms. The average molecular weight is 386 g/mol. The van der Waals surface area contributed by atoms with Gasteiger partial charge in [-0.3, -0.25) is 19.7 Å². The van der Waals surface area contributed by atoms with Gasteiger partial charge in [0.1, 0.15) is 6.04 Å². The van der Waals surface area contributed by atoms with E-state index in [1.165, 1.54) is 11.3 Å². The minimum Gasteiger partial charge on any atom is -0.330 e. The number of nitrogens with zero attached hydrogens (tertiary/aromatic N) is 2. The first-order valence-corrected chi connectivity index (χ1v) is 9.75. The van der Waals surface area contributed by atoms with Crippen LogP contribution in [0.1, 0.15) is 37.0 Å². The first kappa shape index (κ1) is 19.0. The molecule has 27 heavy (non-hydrogen) atoms. The third-order valence-corrected chi connectivity index (χ3v) is 5.10. The van der Waals surface area contributed by atoms with Crippen LogP contribution in [0.15, 0.2) is 35.8 Å². The van der Waals surface area contributed by atoms with Gasteiger partial charge >= 0.3 is 0 Å². The summed E-state index contributed by atoms with van der Waals surface area (Å²) in [7, 11) is 0. The smallest absolute Gasteiger partial charge is 0.257 e. The number of amides is 3. The first-order valence-electron chi connectivity index (χ1n) is 8.87. The molecule has 1 aromatic carbocycles. The van der Waals surface area contributed by atoms with Crippen molar-refractivity contribution >= 4 is 39.9 Å². The molecular formula is C19H22N4O3S. The molecule has 8 heteroatoms. The third-order valence-electron chi connectivity index (χ3n) is 4.41. The molecule has 0 aliphatic carbocycles. The molecule has 7 nitrogen and oxygen atoms in total. The van der Waals surface area contributed by atoms with E-state index in [2.05, 4.69) is 15.6 Å². The first-order chi connectivity index (χ1) is 13.0. The van der Waals surface area contributed by atoms with Crippen molar-refractivity contribution in [3.8, 4) is 0 Å². The third kappa shape index (κ3) is 4.51. The quantitative estimate of drug-likeness (QED) is 0.798. The Labute approximate surface area is 161 Å². The van der Waals surface area contributed by atoms with Crippen LogP contribution in [0.25, 0.3) is 0 Å². The minimum atomic E-state index is -0.493. The normalized spacial score (nSPS) is 15.1. The molecule has 1 fully saturated rings. The van der Waals surface area contributed by atoms with Crippen LogP contribution in [-0.2, 0) is 9.59 Å². The summed E-state index contributed by atoms with van der Waals surface area (Å²) in [5.41, 5.74) is 1.06. The van der Waals surface area contributed by atoms with Crippen molar-refractivity contribution in [3.05, 3.63) is 41.4 Å². The predicted molar refractivity (Wildman–Crippen MR) is 105 cm³/mol. The maximum Gasteiger partial charge on any atom is 0.257 e. The standard InChI is InChI=1S/C19H22N4O3S/c1-12(2)16(23-10-3-4-15(23)24)18(26)21-14-7-5-13(6-8-14)17(25)22-19-20-9-11-27-19/h5-9,11-12,16H,3-4,10H2,1-2H3,(H,21,26)(H,20,22,25). The zero-order chi connectivity index (χ0) is 19.4. The van der Waals surface area contributed by atoms with Gasteiger partial charge < -0.3 is 10.2 Å². The Morgan fingerprint density at radius 2 is 1.93 bits per heavy atom. The van der Waals surface area contributed by atoms with Gasteiger partial charge in [-0.15, -0.1) is 11.3 Å². The Morgan fingerprint density at radius 1 is 1.19 bits per heavy atom. The summed E-state index contributed by atoms with van der Waals surface area (Å²) in [6.07, 6.45) is 2.91. The Morgan fingerprint density at radius 3 is 2.48 bits per heavy atom. The van der Waals surface area contributed by atoms with E-state index in [1.54, 1.807) is 40.7 Å². The number of anilines is 2. The predicted octanol–water partition coefficient (Wildman–Crippen LogP) is 2.98. The van der Waals surface area contributed by atoms with Crippen molar-refractivity contribution < 1.29 is 14.4 Å². The van der Waals surface area contributed by atoms with Gasteiger partial charge in [-0.05, 0) is 36.6 Å². The molecule has 1 aromatic heterocycles. The zero-order valence-electron chi connectivity index (χ0n) is 15.3. The highest BCUT2D eigenvalue weighted by Crippen LogP contribution is 2.21. The van der Waals surface area contributed by atoms with Crippen LogP contribution < -0.4 is 10.6 Å². The van der Waals surface area contributed by atoms with Crippen LogP contribution in [0.4, 0.5) is 10.8 Å². The SMILES string of the molecule is CC(C)C(C(=O)Nc1ccc(C(=O)Nc2nccs2)cc1)N1CCCC1=O. The maximum atomic E-state index is 12.7. The van der Waals surface area contributed by atoms with Crippen LogP contribution in [0.2, 0.25) is 0 Å². The number of likely N-dealkylation sites (tertiary alicyclic amines) is 1. The van der Waals surface area contributed by atoms with Gasteiger partial charge in [-0.2, -0.15) is 0 Å². The molecule has 2 aromatic rings. The Hall–Kier alpha value is -2.74. The van der Waals surface area contributed by atoms with E-state index in [0.29, 0.717) is 29.3 Å². The molecule has 3 rings (SSSR count). The van der Waals surface area contributed by atoms with Gasteiger partial charge in [-0.25, -0.2) is 4.98 Å². The zero-order valence-corrected chi connectivity index (χ0v) is 16.1. The van der Waals surface area contributed by atoms with Gasteiger partial charge in [0.2, 0.25) is 11.8 Å². The summed E-state index contributed by atoms with van der Waals surface area (Å²) < 4.78 is 0. The molecule has 0 saturated carbocycles. The van der Waals surface area contributed by atoms with Crippen LogP contribution in [0.5, 0.6) is 0 Å². The molecule has 1 aliphatic rings. The van der Waals surface area contributed by atoms with Gasteiger partial charge in [0.25, 0.3) is 5.91 Å². The van der Waals surface area contributed by atoms with Crippen LogP contribution in [0, 0.1) is 5.92 Å². The van der Waals surface area contributed by atoms with E-state index in [-0.39, 0.29) is 23.6 Å². The molecule has 1 aliphatic heterocycles. The van der Waals surface area contributed by atoms with Crippen molar-refractivity contribution in [2.45, 2.75) is 32.7 Å². The lowest BCUT2D eigenvalue weighted by atomic mass is 10.0. The molecule has 2 N–H and O–H groups in total. The summed E-state index contributed by atoms with van der Waals surface area (Å²) in [5.74, 6) is -0.431. The van der Waals surface area contributed by atoms with E-state index in [1.807, 2.05) is 13.8 Å². The van der Waals surface area contributed by atoms with Gasteiger partial charge in [0.15, 0.2) is 5.13 Å². The fourth-order valence-corrected chi connectivity index (χ4v) is 3.67. The molecule has 0 radical (unpaired) electrons. The highest BCUT2D eigenvalue weighted by Gasteiger charge is 2.34. The van der Waals surface area contributed by atoms with Crippen molar-refractivity contribution in [1.29, 1.82) is 0 Å². The Balaban J connectivity index is 1.65. The second-order valence-corrected chi connectivity index (χ2v) is 7.63. The number of thiazole rings is 1. The monoisotopic (exact) mass is 386 g/mol. The number of rotatable bonds is 6. The number of aromatic nitrogens is 1. The van der Waals surface area contributed by atoms with Crippen molar-refractivity contribution in [2.24, 2.45) is 5.92 Å². The lowest BCUT2D eigenvalue weighted by Crippen LogP contribution is -2.47. The Kier molecular flexibility index (Phi) is 5.85. The average Bonchev–Trinajstić information content (AvgIpc) is 3.28. The molecule has 1 saturated heterocycles. The van der Waals surface area contributed by atoms with Gasteiger partial charge in [0.05, 0.1) is 0 Å². The number of benzene rings is 1. The summed E-state index contributed by atoms with van der Waals surface area (Å²) in [6.45, 7) is 4.48. The van der Waals surface area contributed by atoms with Crippen LogP contribution in [-0.4, -0.2) is 40.2 Å². The largest absolute Gasteiger partial charge is 0.330 e. The second kappa shape index (κ2) is 8.30. The lowest BCUT2D eigenvalue weighted by molar-refractivity contribution is -0.136. The summed E-state index contributed by atoms with van der Waals surface area (Å²) >= 11 is 1.34. The number of hydrogen-bond donors (Lipinski definition) is 2. The number of carbonyl (C=O) groups is 3. The van der Waals surface area contributed by atoms with Gasteiger partial charge in [-0.1, -0.05) is 13.8 Å². The number of carbonyl (C=O) groups excluding carboxylic acids is 3. The van der Waals surface area contributed by atoms with Crippen molar-refractivity contribution in [2.75, 3.05) is 17.2 Å². The van der Waals surface area contributed by atoms with Crippen molar-refractivity contribution in [3.63, 3.8) is 0 Å². The van der Waals surface area contributed by atoms with Crippen LogP contribution >= 0.6 is 11.3 Å². The fourth-order valence-electron chi connectivity index (χ4n) is 3.14. The molecule has 1 atom stereocenters. The molecule has 2 heterocycles. The molecule has 142 valence electrons. The lowest BCUT2D eigenvalue weighted by Gasteiger charge is -2.29. The van der Waals surface area contributed by atoms with E-state index in [9.17, 15) is 14.4 Å². The molecular weight excluding hydrogens is 364 g/mol. The molecule has 1 unspecified atom stereocenters. The van der Waals surface area contributed by atoms with Gasteiger partial charge in [0, 0.05) is 35.8 Å². The van der Waals surface area contributed by atoms with Crippen molar-refractivity contribution in [1.82, 2.24) is 9.88 Å². The van der Waals surface area contributed by atoms with E-state index in [0.717, 1.165) is 6.42 Å². The van der Waals surface area contributed by atoms with E-state index in [4.69, 9.17) is 0 Å². The highest BCUT2D eigenvalue weighted by molar-refractivity contribution is 7.13. The molecule has 3 amide bonds. The fraction of sp³-hybridized carbons (Fsp3) is 0.368. The highest BCUT2D eigenvalue weighted by atomic mass is 32.1. The van der Waals surface area contributed by atoms with E-state index >= 15 is 0 Å². The summed E-state index contributed by atoms with van der Waals surface area (Å²) in [6, 6.07) is 6.15. The van der Waals surface area contributed by atoms with E-state index < -0.39 is 6.04 Å². The maximum absolute atomic E-state index is 12.7. The second-order valence-electron chi connectivity index (χ2n) is 6.74. The van der Waals surface area contributed by atoms with Crippen LogP contribution in [0.3, 0.4) is 0 Å².